The van der Waals surface area contributed by atoms with Gasteiger partial charge in [-0.25, -0.2) is 14.7 Å². The molecule has 31 heavy (non-hydrogen) atoms. The zero-order valence-corrected chi connectivity index (χ0v) is 15.7. The lowest BCUT2D eigenvalue weighted by atomic mass is 10.1. The zero-order valence-electron chi connectivity index (χ0n) is 15.7. The van der Waals surface area contributed by atoms with Crippen LogP contribution in [0, 0.1) is 0 Å². The molecule has 1 aliphatic heterocycles. The Kier molecular flexibility index (Phi) is 4.01. The predicted octanol–water partition coefficient (Wildman–Crippen LogP) is 2.02. The van der Waals surface area contributed by atoms with Crippen LogP contribution in [0.4, 0.5) is 5.69 Å². The van der Waals surface area contributed by atoms with E-state index < -0.39 is 23.4 Å². The van der Waals surface area contributed by atoms with Gasteiger partial charge in [0.25, 0.3) is 11.8 Å². The molecule has 0 saturated heterocycles. The summed E-state index contributed by atoms with van der Waals surface area (Å²) in [6.07, 6.45) is 0. The quantitative estimate of drug-likeness (QED) is 0.473. The molecule has 0 N–H and O–H groups in total. The molecule has 150 valence electrons. The number of anilines is 1. The largest absolute Gasteiger partial charge is 0.545 e. The van der Waals surface area contributed by atoms with E-state index in [-0.39, 0.29) is 28.3 Å². The molecule has 0 unspecified atom stereocenters. The number of rotatable bonds is 3. The number of carboxylic acids is 1. The molecular formula is C23H11N2O6-. The van der Waals surface area contributed by atoms with Gasteiger partial charge in [0.05, 0.1) is 33.7 Å². The first-order valence-electron chi connectivity index (χ1n) is 9.18. The van der Waals surface area contributed by atoms with E-state index >= 15 is 0 Å². The number of para-hydroxylation sites is 1. The van der Waals surface area contributed by atoms with Crippen LogP contribution in [0.1, 0.15) is 31.1 Å². The SMILES string of the molecule is O=C([O-])c1ccc2c(c1)C(=O)N(c1cccc(-c3nc4ccccc4c(=O)o3)c1)C2=O. The fourth-order valence-corrected chi connectivity index (χ4v) is 3.52. The first-order chi connectivity index (χ1) is 14.9. The Morgan fingerprint density at radius 3 is 2.45 bits per heavy atom. The standard InChI is InChI=1S/C23H12N2O6/c26-20-15-9-8-13(22(28)29)11-17(15)21(27)25(20)14-5-3-4-12(10-14)19-24-18-7-2-1-6-16(18)23(30)31-19/h1-11H,(H,28,29)/p-1. The van der Waals surface area contributed by atoms with E-state index in [1.165, 1.54) is 18.2 Å². The second kappa shape index (κ2) is 6.74. The molecule has 2 heterocycles. The lowest BCUT2D eigenvalue weighted by molar-refractivity contribution is -0.255. The second-order valence-electron chi connectivity index (χ2n) is 6.87. The number of aromatic carboxylic acids is 1. The summed E-state index contributed by atoms with van der Waals surface area (Å²) >= 11 is 0. The molecule has 1 aliphatic rings. The lowest BCUT2D eigenvalue weighted by Crippen LogP contribution is -2.29. The molecule has 0 spiro atoms. The van der Waals surface area contributed by atoms with Gasteiger partial charge in [0.2, 0.25) is 5.89 Å². The number of hydrogen-bond acceptors (Lipinski definition) is 7. The number of amides is 2. The van der Waals surface area contributed by atoms with Crippen LogP contribution in [0.25, 0.3) is 22.4 Å². The Hall–Kier alpha value is -4.59. The molecule has 0 radical (unpaired) electrons. The van der Waals surface area contributed by atoms with Crippen molar-refractivity contribution in [3.05, 3.63) is 93.8 Å². The van der Waals surface area contributed by atoms with Gasteiger partial charge in [-0.05, 0) is 48.0 Å². The van der Waals surface area contributed by atoms with E-state index in [4.69, 9.17) is 4.42 Å². The highest BCUT2D eigenvalue weighted by molar-refractivity contribution is 6.34. The van der Waals surface area contributed by atoms with Gasteiger partial charge in [-0.1, -0.05) is 24.3 Å². The molecule has 8 nitrogen and oxygen atoms in total. The summed E-state index contributed by atoms with van der Waals surface area (Å²) in [5.41, 5.74) is 0.403. The Morgan fingerprint density at radius 1 is 0.871 bits per heavy atom. The fourth-order valence-electron chi connectivity index (χ4n) is 3.52. The average Bonchev–Trinajstić information content (AvgIpc) is 3.03. The van der Waals surface area contributed by atoms with Gasteiger partial charge in [0.15, 0.2) is 0 Å². The van der Waals surface area contributed by atoms with E-state index in [0.717, 1.165) is 11.0 Å². The number of fused-ring (bicyclic) bond motifs is 2. The van der Waals surface area contributed by atoms with Crippen LogP contribution < -0.4 is 15.6 Å². The summed E-state index contributed by atoms with van der Waals surface area (Å²) < 4.78 is 5.32. The number of carbonyl (C=O) groups is 3. The number of carboxylic acid groups (broad SMARTS) is 1. The third-order valence-corrected chi connectivity index (χ3v) is 5.01. The highest BCUT2D eigenvalue weighted by Crippen LogP contribution is 2.31. The van der Waals surface area contributed by atoms with E-state index in [2.05, 4.69) is 4.98 Å². The van der Waals surface area contributed by atoms with Crippen LogP contribution in [0.15, 0.2) is 75.9 Å². The number of nitrogens with zero attached hydrogens (tertiary/aromatic N) is 2. The van der Waals surface area contributed by atoms with Crippen molar-refractivity contribution in [2.45, 2.75) is 0 Å². The molecule has 0 bridgehead atoms. The monoisotopic (exact) mass is 411 g/mol. The van der Waals surface area contributed by atoms with Gasteiger partial charge in [0.1, 0.15) is 0 Å². The summed E-state index contributed by atoms with van der Waals surface area (Å²) in [5.74, 6) is -2.65. The molecule has 2 amide bonds. The van der Waals surface area contributed by atoms with Crippen molar-refractivity contribution in [2.75, 3.05) is 4.90 Å². The highest BCUT2D eigenvalue weighted by atomic mass is 16.4. The van der Waals surface area contributed by atoms with Crippen LogP contribution in [-0.2, 0) is 0 Å². The number of aromatic nitrogens is 1. The Bertz CT molecular complexity index is 1490. The molecule has 4 aromatic rings. The highest BCUT2D eigenvalue weighted by Gasteiger charge is 2.37. The number of imide groups is 1. The fraction of sp³-hybridized carbons (Fsp3) is 0. The minimum absolute atomic E-state index is 0.0209. The van der Waals surface area contributed by atoms with Crippen molar-refractivity contribution >= 4 is 34.4 Å². The summed E-state index contributed by atoms with van der Waals surface area (Å²) in [7, 11) is 0. The predicted molar refractivity (Wildman–Crippen MR) is 108 cm³/mol. The van der Waals surface area contributed by atoms with Crippen molar-refractivity contribution in [2.24, 2.45) is 0 Å². The van der Waals surface area contributed by atoms with Gasteiger partial charge in [-0.15, -0.1) is 0 Å². The number of benzene rings is 3. The van der Waals surface area contributed by atoms with Gasteiger partial charge in [-0.3, -0.25) is 9.59 Å². The van der Waals surface area contributed by atoms with Crippen LogP contribution in [-0.4, -0.2) is 22.8 Å². The molecule has 0 atom stereocenters. The van der Waals surface area contributed by atoms with Crippen molar-refractivity contribution in [3.63, 3.8) is 0 Å². The third kappa shape index (κ3) is 2.89. The van der Waals surface area contributed by atoms with Crippen molar-refractivity contribution < 1.29 is 23.9 Å². The van der Waals surface area contributed by atoms with Gasteiger partial charge in [0, 0.05) is 5.56 Å². The van der Waals surface area contributed by atoms with Gasteiger partial charge in [-0.2, -0.15) is 0 Å². The zero-order chi connectivity index (χ0) is 21.7. The normalized spacial score (nSPS) is 13.0. The Balaban J connectivity index is 1.58. The van der Waals surface area contributed by atoms with Gasteiger partial charge >= 0.3 is 5.63 Å². The summed E-state index contributed by atoms with van der Waals surface area (Å²) in [5, 5.41) is 11.4. The van der Waals surface area contributed by atoms with Crippen molar-refractivity contribution in [1.82, 2.24) is 4.98 Å². The number of carbonyl (C=O) groups excluding carboxylic acids is 3. The first-order valence-corrected chi connectivity index (χ1v) is 9.18. The molecule has 5 rings (SSSR count). The Morgan fingerprint density at radius 2 is 1.65 bits per heavy atom. The van der Waals surface area contributed by atoms with Gasteiger partial charge < -0.3 is 14.3 Å². The molecule has 1 aromatic heterocycles. The second-order valence-corrected chi connectivity index (χ2v) is 6.87. The third-order valence-electron chi connectivity index (χ3n) is 5.01. The van der Waals surface area contributed by atoms with E-state index in [0.29, 0.717) is 16.5 Å². The maximum absolute atomic E-state index is 12.9. The molecule has 0 fully saturated rings. The molecular weight excluding hydrogens is 400 g/mol. The maximum atomic E-state index is 12.9. The summed E-state index contributed by atoms with van der Waals surface area (Å²) in [4.78, 5) is 54.3. The summed E-state index contributed by atoms with van der Waals surface area (Å²) in [6, 6.07) is 16.6. The summed E-state index contributed by atoms with van der Waals surface area (Å²) in [6.45, 7) is 0. The van der Waals surface area contributed by atoms with E-state index in [1.807, 2.05) is 0 Å². The van der Waals surface area contributed by atoms with E-state index in [1.54, 1.807) is 42.5 Å². The topological polar surface area (TPSA) is 121 Å². The Labute approximate surface area is 174 Å². The molecule has 0 saturated carbocycles. The first kappa shape index (κ1) is 18.4. The van der Waals surface area contributed by atoms with Crippen molar-refractivity contribution in [1.29, 1.82) is 0 Å². The van der Waals surface area contributed by atoms with Crippen LogP contribution in [0.2, 0.25) is 0 Å². The number of hydrogen-bond donors (Lipinski definition) is 0. The van der Waals surface area contributed by atoms with Crippen LogP contribution >= 0.6 is 0 Å². The molecule has 8 heteroatoms. The molecule has 3 aromatic carbocycles. The minimum Gasteiger partial charge on any atom is -0.545 e. The minimum atomic E-state index is -1.44. The maximum Gasteiger partial charge on any atom is 0.347 e. The van der Waals surface area contributed by atoms with Crippen molar-refractivity contribution in [3.8, 4) is 11.5 Å². The average molecular weight is 411 g/mol. The van der Waals surface area contributed by atoms with E-state index in [9.17, 15) is 24.3 Å². The van der Waals surface area contributed by atoms with Crippen LogP contribution in [0.5, 0.6) is 0 Å². The smallest absolute Gasteiger partial charge is 0.347 e. The lowest BCUT2D eigenvalue weighted by Gasteiger charge is -2.14. The molecule has 0 aliphatic carbocycles. The van der Waals surface area contributed by atoms with Crippen LogP contribution in [0.3, 0.4) is 0 Å².